The molecule has 0 bridgehead atoms. The van der Waals surface area contributed by atoms with Crippen LogP contribution >= 0.6 is 0 Å². The van der Waals surface area contributed by atoms with Gasteiger partial charge in [0, 0.05) is 0 Å². The first-order valence-electron chi connectivity index (χ1n) is 7.06. The Hall–Kier alpha value is -3.68. The number of nitrogens with two attached hydrogens (primary N) is 1. The highest BCUT2D eigenvalue weighted by molar-refractivity contribution is 5.56. The fourth-order valence-corrected chi connectivity index (χ4v) is 1.83. The molecule has 0 amide bonds. The summed E-state index contributed by atoms with van der Waals surface area (Å²) in [6.45, 7) is 0. The highest BCUT2D eigenvalue weighted by atomic mass is 16.1. The minimum Gasteiger partial charge on any atom is -0.369 e. The predicted octanol–water partition coefficient (Wildman–Crippen LogP) is 4.18. The van der Waals surface area contributed by atoms with Gasteiger partial charge in [-0.1, -0.05) is 36.4 Å². The molecule has 0 saturated heterocycles. The summed E-state index contributed by atoms with van der Waals surface area (Å²) in [4.78, 5) is 18.4. The Morgan fingerprint density at radius 2 is 1.33 bits per heavy atom. The fraction of sp³-hybridized carbons (Fsp3) is 0. The number of anilines is 1. The van der Waals surface area contributed by atoms with Crippen LogP contribution in [0.5, 0.6) is 0 Å². The Morgan fingerprint density at radius 3 is 1.92 bits per heavy atom. The quantitative estimate of drug-likeness (QED) is 0.701. The van der Waals surface area contributed by atoms with E-state index in [0.29, 0.717) is 11.4 Å². The highest BCUT2D eigenvalue weighted by Crippen LogP contribution is 2.25. The van der Waals surface area contributed by atoms with Crippen LogP contribution in [-0.2, 0) is 0 Å². The van der Waals surface area contributed by atoms with E-state index in [9.17, 15) is 4.79 Å². The molecule has 1 heterocycles. The summed E-state index contributed by atoms with van der Waals surface area (Å²) >= 11 is 0. The lowest BCUT2D eigenvalue weighted by Crippen LogP contribution is -2.10. The maximum atomic E-state index is 12.1. The van der Waals surface area contributed by atoms with E-state index in [2.05, 4.69) is 30.4 Å². The maximum absolute atomic E-state index is 12.1. The van der Waals surface area contributed by atoms with Gasteiger partial charge in [-0.15, -0.1) is 15.3 Å². The molecule has 0 fully saturated rings. The van der Waals surface area contributed by atoms with E-state index in [1.165, 1.54) is 0 Å². The molecule has 24 heavy (non-hydrogen) atoms. The predicted molar refractivity (Wildman–Crippen MR) is 90.5 cm³/mol. The minimum absolute atomic E-state index is 0.000200. The van der Waals surface area contributed by atoms with Gasteiger partial charge >= 0.3 is 0 Å². The first kappa shape index (κ1) is 15.2. The van der Waals surface area contributed by atoms with E-state index in [4.69, 9.17) is 5.73 Å². The molecule has 118 valence electrons. The number of benzene rings is 2. The van der Waals surface area contributed by atoms with Crippen LogP contribution in [0.15, 0.2) is 85.9 Å². The molecule has 0 aliphatic rings. The van der Waals surface area contributed by atoms with Crippen LogP contribution in [0, 0.1) is 0 Å². The Kier molecular flexibility index (Phi) is 4.47. The van der Waals surface area contributed by atoms with Crippen LogP contribution in [0.1, 0.15) is 0 Å². The number of nitrogens with zero attached hydrogens (tertiary/aromatic N) is 5. The van der Waals surface area contributed by atoms with Gasteiger partial charge in [-0.3, -0.25) is 9.78 Å². The number of rotatable bonds is 4. The van der Waals surface area contributed by atoms with Gasteiger partial charge in [0.1, 0.15) is 0 Å². The molecule has 1 aromatic heterocycles. The monoisotopic (exact) mass is 319 g/mol. The molecule has 0 atom stereocenters. The van der Waals surface area contributed by atoms with E-state index in [1.807, 2.05) is 36.4 Å². The van der Waals surface area contributed by atoms with Gasteiger partial charge in [-0.25, -0.2) is 0 Å². The van der Waals surface area contributed by atoms with Crippen molar-refractivity contribution >= 4 is 28.8 Å². The molecule has 8 nitrogen and oxygen atoms in total. The molecule has 3 N–H and O–H groups in total. The van der Waals surface area contributed by atoms with Gasteiger partial charge in [0.05, 0.1) is 11.4 Å². The maximum Gasteiger partial charge on any atom is 0.282 e. The number of hydrogen-bond acceptors (Lipinski definition) is 7. The molecular formula is C16H13N7O. The molecule has 0 aliphatic carbocycles. The number of aromatic nitrogens is 2. The zero-order valence-electron chi connectivity index (χ0n) is 12.5. The average molecular weight is 319 g/mol. The Labute approximate surface area is 136 Å². The number of nitrogen functional groups attached to an aromatic ring is 1. The van der Waals surface area contributed by atoms with E-state index in [1.54, 1.807) is 24.3 Å². The van der Waals surface area contributed by atoms with Crippen molar-refractivity contribution in [2.24, 2.45) is 20.5 Å². The molecule has 0 radical (unpaired) electrons. The normalized spacial score (nSPS) is 11.3. The van der Waals surface area contributed by atoms with Crippen molar-refractivity contribution in [3.05, 3.63) is 71.0 Å². The van der Waals surface area contributed by atoms with Crippen LogP contribution < -0.4 is 11.3 Å². The first-order chi connectivity index (χ1) is 11.7. The third-order valence-electron chi connectivity index (χ3n) is 2.93. The van der Waals surface area contributed by atoms with Crippen LogP contribution in [0.25, 0.3) is 0 Å². The van der Waals surface area contributed by atoms with Gasteiger partial charge in [0.25, 0.3) is 5.56 Å². The summed E-state index contributed by atoms with van der Waals surface area (Å²) in [5, 5.41) is 15.9. The highest BCUT2D eigenvalue weighted by Gasteiger charge is 2.10. The summed E-state index contributed by atoms with van der Waals surface area (Å²) < 4.78 is 0. The molecule has 0 saturated carbocycles. The number of aromatic amines is 1. The number of H-pyrrole nitrogens is 1. The Morgan fingerprint density at radius 1 is 0.792 bits per heavy atom. The summed E-state index contributed by atoms with van der Waals surface area (Å²) in [6, 6.07) is 18.1. The van der Waals surface area contributed by atoms with E-state index in [-0.39, 0.29) is 17.5 Å². The third-order valence-corrected chi connectivity index (χ3v) is 2.93. The Bertz CT molecular complexity index is 934. The van der Waals surface area contributed by atoms with Crippen molar-refractivity contribution in [3.63, 3.8) is 0 Å². The molecular weight excluding hydrogens is 306 g/mol. The van der Waals surface area contributed by atoms with E-state index >= 15 is 0 Å². The molecule has 2 aromatic carbocycles. The smallest absolute Gasteiger partial charge is 0.282 e. The zero-order valence-corrected chi connectivity index (χ0v) is 12.5. The molecule has 3 rings (SSSR count). The topological polar surface area (TPSA) is 121 Å². The van der Waals surface area contributed by atoms with Gasteiger partial charge < -0.3 is 5.73 Å². The van der Waals surface area contributed by atoms with Gasteiger partial charge in [0.2, 0.25) is 11.8 Å². The second kappa shape index (κ2) is 7.05. The first-order valence-corrected chi connectivity index (χ1v) is 7.06. The lowest BCUT2D eigenvalue weighted by atomic mass is 10.3. The summed E-state index contributed by atoms with van der Waals surface area (Å²) in [5.74, 6) is -0.0690. The lowest BCUT2D eigenvalue weighted by molar-refractivity contribution is 1.06. The molecule has 0 aliphatic heterocycles. The third kappa shape index (κ3) is 3.74. The molecule has 0 unspecified atom stereocenters. The summed E-state index contributed by atoms with van der Waals surface area (Å²) in [5.41, 5.74) is 6.18. The van der Waals surface area contributed by atoms with Gasteiger partial charge in [0.15, 0.2) is 5.69 Å². The van der Waals surface area contributed by atoms with Gasteiger partial charge in [-0.2, -0.15) is 10.1 Å². The van der Waals surface area contributed by atoms with Crippen molar-refractivity contribution in [1.29, 1.82) is 0 Å². The number of hydrogen-bond donors (Lipinski definition) is 2. The number of azo groups is 2. The second-order valence-electron chi connectivity index (χ2n) is 4.69. The van der Waals surface area contributed by atoms with Crippen LogP contribution in [0.2, 0.25) is 0 Å². The average Bonchev–Trinajstić information content (AvgIpc) is 2.61. The van der Waals surface area contributed by atoms with Crippen molar-refractivity contribution in [3.8, 4) is 0 Å². The van der Waals surface area contributed by atoms with Gasteiger partial charge in [-0.05, 0) is 24.3 Å². The van der Waals surface area contributed by atoms with Crippen LogP contribution in [0.4, 0.5) is 28.8 Å². The number of nitrogens with one attached hydrogen (secondary N) is 1. The Balaban J connectivity index is 1.98. The van der Waals surface area contributed by atoms with Crippen molar-refractivity contribution in [1.82, 2.24) is 9.97 Å². The van der Waals surface area contributed by atoms with Crippen LogP contribution in [-0.4, -0.2) is 9.97 Å². The van der Waals surface area contributed by atoms with Crippen molar-refractivity contribution in [2.75, 3.05) is 5.73 Å². The fourth-order valence-electron chi connectivity index (χ4n) is 1.83. The lowest BCUT2D eigenvalue weighted by Gasteiger charge is -1.99. The SMILES string of the molecule is Nc1nc(N=Nc2ccccc2)c(N=Nc2ccccc2)c(=O)[nH]1. The molecule has 3 aromatic rings. The largest absolute Gasteiger partial charge is 0.369 e. The molecule has 0 spiro atoms. The standard InChI is InChI=1S/C16H13N7O/c17-16-18-14(23-21-12-9-5-2-6-10-12)13(15(24)19-16)22-20-11-7-3-1-4-8-11/h1-10H,(H3,17,18,19,24). The van der Waals surface area contributed by atoms with Crippen molar-refractivity contribution in [2.45, 2.75) is 0 Å². The van der Waals surface area contributed by atoms with Crippen molar-refractivity contribution < 1.29 is 0 Å². The van der Waals surface area contributed by atoms with E-state index in [0.717, 1.165) is 0 Å². The summed E-state index contributed by atoms with van der Waals surface area (Å²) in [7, 11) is 0. The van der Waals surface area contributed by atoms with Crippen LogP contribution in [0.3, 0.4) is 0 Å². The summed E-state index contributed by atoms with van der Waals surface area (Å²) in [6.07, 6.45) is 0. The minimum atomic E-state index is -0.538. The van der Waals surface area contributed by atoms with E-state index < -0.39 is 5.56 Å². The molecule has 8 heteroatoms. The zero-order chi connectivity index (χ0) is 16.8. The second-order valence-corrected chi connectivity index (χ2v) is 4.69.